The second-order valence-electron chi connectivity index (χ2n) is 5.30. The van der Waals surface area contributed by atoms with E-state index in [1.807, 2.05) is 6.92 Å². The lowest BCUT2D eigenvalue weighted by atomic mass is 10.1. The Morgan fingerprint density at radius 1 is 1.33 bits per heavy atom. The third kappa shape index (κ3) is 5.62. The lowest BCUT2D eigenvalue weighted by Crippen LogP contribution is -2.44. The minimum Gasteiger partial charge on any atom is -0.465 e. The van der Waals surface area contributed by atoms with Gasteiger partial charge in [0, 0.05) is 15.5 Å². The van der Waals surface area contributed by atoms with Crippen molar-refractivity contribution in [3.8, 4) is 0 Å². The first-order chi connectivity index (χ1) is 12.8. The van der Waals surface area contributed by atoms with Crippen LogP contribution in [0.5, 0.6) is 0 Å². The van der Waals surface area contributed by atoms with E-state index in [2.05, 4.69) is 16.2 Å². The van der Waals surface area contributed by atoms with Gasteiger partial charge in [0.1, 0.15) is 10.8 Å². The maximum absolute atomic E-state index is 13.7. The van der Waals surface area contributed by atoms with E-state index in [0.29, 0.717) is 10.6 Å². The zero-order chi connectivity index (χ0) is 20.0. The number of thiophene rings is 1. The highest BCUT2D eigenvalue weighted by molar-refractivity contribution is 7.80. The van der Waals surface area contributed by atoms with E-state index in [9.17, 15) is 14.0 Å². The van der Waals surface area contributed by atoms with Crippen molar-refractivity contribution >= 4 is 57.1 Å². The molecule has 0 aliphatic heterocycles. The first-order valence-corrected chi connectivity index (χ1v) is 9.45. The number of anilines is 1. The summed E-state index contributed by atoms with van der Waals surface area (Å²) in [4.78, 5) is 24.8. The number of hydrazine groups is 1. The van der Waals surface area contributed by atoms with Gasteiger partial charge in [0.25, 0.3) is 0 Å². The third-order valence-electron chi connectivity index (χ3n) is 3.48. The molecular weight excluding hydrogens is 413 g/mol. The van der Waals surface area contributed by atoms with Crippen molar-refractivity contribution in [2.24, 2.45) is 0 Å². The van der Waals surface area contributed by atoms with Crippen LogP contribution in [0.25, 0.3) is 0 Å². The fourth-order valence-electron chi connectivity index (χ4n) is 2.14. The van der Waals surface area contributed by atoms with E-state index < -0.39 is 17.7 Å². The van der Waals surface area contributed by atoms with E-state index in [1.54, 1.807) is 6.07 Å². The number of methoxy groups -OCH3 is 1. The number of esters is 1. The highest BCUT2D eigenvalue weighted by atomic mass is 35.5. The van der Waals surface area contributed by atoms with E-state index in [4.69, 9.17) is 28.6 Å². The zero-order valence-corrected chi connectivity index (χ0v) is 16.9. The molecule has 2 rings (SSSR count). The van der Waals surface area contributed by atoms with Crippen LogP contribution < -0.4 is 16.2 Å². The molecule has 6 nitrogen and oxygen atoms in total. The average molecular weight is 430 g/mol. The van der Waals surface area contributed by atoms with Crippen LogP contribution in [0.1, 0.15) is 27.7 Å². The first kappa shape index (κ1) is 21.1. The molecule has 0 fully saturated rings. The van der Waals surface area contributed by atoms with E-state index in [1.165, 1.54) is 36.6 Å². The number of carbonyl (C=O) groups excluding carboxylic acids is 2. The Hall–Kier alpha value is -2.23. The molecule has 1 amide bonds. The maximum Gasteiger partial charge on any atom is 0.340 e. The van der Waals surface area contributed by atoms with Gasteiger partial charge in [0.05, 0.1) is 19.1 Å². The van der Waals surface area contributed by atoms with Gasteiger partial charge in [-0.05, 0) is 36.8 Å². The Bertz CT molecular complexity index is 853. The van der Waals surface area contributed by atoms with Gasteiger partial charge >= 0.3 is 5.97 Å². The standard InChI is InChI=1S/C17H17ClFN3O3S2/c1-3-9-7-11(16(24)25-2)15(27-9)20-17(26)22-21-14(23)8-10-12(18)5-4-6-13(10)19/h4-7H,3,8H2,1-2H3,(H,21,23)(H2,20,22,26). The molecule has 1 heterocycles. The number of hydrogen-bond donors (Lipinski definition) is 3. The molecule has 1 aromatic heterocycles. The normalized spacial score (nSPS) is 10.2. The summed E-state index contributed by atoms with van der Waals surface area (Å²) in [6.07, 6.45) is 0.490. The van der Waals surface area contributed by atoms with Crippen LogP contribution in [-0.2, 0) is 22.4 Å². The molecule has 0 spiro atoms. The number of nitrogens with one attached hydrogen (secondary N) is 3. The molecule has 0 bridgehead atoms. The molecule has 0 saturated carbocycles. The number of aryl methyl sites for hydroxylation is 1. The van der Waals surface area contributed by atoms with Crippen LogP contribution in [-0.4, -0.2) is 24.1 Å². The lowest BCUT2D eigenvalue weighted by molar-refractivity contribution is -0.121. The SMILES string of the molecule is CCc1cc(C(=O)OC)c(NC(=S)NNC(=O)Cc2c(F)cccc2Cl)s1. The lowest BCUT2D eigenvalue weighted by Gasteiger charge is -2.12. The Balaban J connectivity index is 1.95. The minimum atomic E-state index is -0.563. The Labute approximate surface area is 170 Å². The van der Waals surface area contributed by atoms with E-state index in [-0.39, 0.29) is 22.1 Å². The van der Waals surface area contributed by atoms with Gasteiger partial charge in [-0.1, -0.05) is 24.6 Å². The van der Waals surface area contributed by atoms with Gasteiger partial charge in [-0.15, -0.1) is 11.3 Å². The maximum atomic E-state index is 13.7. The van der Waals surface area contributed by atoms with Crippen LogP contribution in [0.2, 0.25) is 5.02 Å². The highest BCUT2D eigenvalue weighted by Gasteiger charge is 2.17. The molecule has 144 valence electrons. The molecule has 0 aliphatic rings. The van der Waals surface area contributed by atoms with Crippen molar-refractivity contribution in [3.05, 3.63) is 51.1 Å². The van der Waals surface area contributed by atoms with Gasteiger partial charge in [0.2, 0.25) is 5.91 Å². The Morgan fingerprint density at radius 3 is 2.70 bits per heavy atom. The molecule has 0 radical (unpaired) electrons. The molecule has 2 aromatic rings. The van der Waals surface area contributed by atoms with Crippen LogP contribution in [0.15, 0.2) is 24.3 Å². The molecular formula is C17H17ClFN3O3S2. The summed E-state index contributed by atoms with van der Waals surface area (Å²) in [6.45, 7) is 1.96. The molecule has 0 aliphatic carbocycles. The second kappa shape index (κ2) is 9.63. The number of carbonyl (C=O) groups is 2. The predicted octanol–water partition coefficient (Wildman–Crippen LogP) is 3.45. The molecule has 0 unspecified atom stereocenters. The number of halogens is 2. The monoisotopic (exact) mass is 429 g/mol. The van der Waals surface area contributed by atoms with Crippen molar-refractivity contribution in [2.45, 2.75) is 19.8 Å². The number of hydrogen-bond acceptors (Lipinski definition) is 5. The third-order valence-corrected chi connectivity index (χ3v) is 5.23. The van der Waals surface area contributed by atoms with Gasteiger partial charge < -0.3 is 10.1 Å². The van der Waals surface area contributed by atoms with Crippen molar-refractivity contribution in [1.29, 1.82) is 0 Å². The number of amides is 1. The largest absolute Gasteiger partial charge is 0.465 e. The van der Waals surface area contributed by atoms with Crippen molar-refractivity contribution < 1.29 is 18.7 Å². The summed E-state index contributed by atoms with van der Waals surface area (Å²) in [6, 6.07) is 5.91. The smallest absolute Gasteiger partial charge is 0.340 e. The highest BCUT2D eigenvalue weighted by Crippen LogP contribution is 2.29. The van der Waals surface area contributed by atoms with Gasteiger partial charge in [-0.2, -0.15) is 0 Å². The van der Waals surface area contributed by atoms with Crippen molar-refractivity contribution in [1.82, 2.24) is 10.9 Å². The summed E-state index contributed by atoms with van der Waals surface area (Å²) in [5, 5.41) is 3.58. The van der Waals surface area contributed by atoms with Crippen LogP contribution in [0.3, 0.4) is 0 Å². The van der Waals surface area contributed by atoms with Gasteiger partial charge in [-0.3, -0.25) is 15.6 Å². The fourth-order valence-corrected chi connectivity index (χ4v) is 3.57. The summed E-state index contributed by atoms with van der Waals surface area (Å²) in [7, 11) is 1.29. The molecule has 0 saturated heterocycles. The van der Waals surface area contributed by atoms with Crippen molar-refractivity contribution in [2.75, 3.05) is 12.4 Å². The second-order valence-corrected chi connectivity index (χ2v) is 7.26. The molecule has 10 heteroatoms. The Morgan fingerprint density at radius 2 is 2.07 bits per heavy atom. The van der Waals surface area contributed by atoms with Crippen LogP contribution in [0, 0.1) is 5.82 Å². The summed E-state index contributed by atoms with van der Waals surface area (Å²) < 4.78 is 18.5. The number of ether oxygens (including phenoxy) is 1. The molecule has 1 aromatic carbocycles. The predicted molar refractivity (Wildman–Crippen MR) is 108 cm³/mol. The first-order valence-electron chi connectivity index (χ1n) is 7.85. The summed E-state index contributed by atoms with van der Waals surface area (Å²) in [5.41, 5.74) is 5.32. The fraction of sp³-hybridized carbons (Fsp3) is 0.235. The number of benzene rings is 1. The Kier molecular flexibility index (Phi) is 7.52. The molecule has 0 atom stereocenters. The minimum absolute atomic E-state index is 0.0673. The average Bonchev–Trinajstić information content (AvgIpc) is 3.05. The van der Waals surface area contributed by atoms with Crippen molar-refractivity contribution in [3.63, 3.8) is 0 Å². The number of rotatable bonds is 5. The number of thiocarbonyl (C=S) groups is 1. The summed E-state index contributed by atoms with van der Waals surface area (Å²) >= 11 is 12.4. The van der Waals surface area contributed by atoms with E-state index in [0.717, 1.165) is 11.3 Å². The summed E-state index contributed by atoms with van der Waals surface area (Å²) in [5.74, 6) is -1.58. The molecule has 3 N–H and O–H groups in total. The quantitative estimate of drug-likeness (QED) is 0.384. The molecule has 27 heavy (non-hydrogen) atoms. The van der Waals surface area contributed by atoms with E-state index >= 15 is 0 Å². The van der Waals surface area contributed by atoms with Gasteiger partial charge in [-0.25, -0.2) is 9.18 Å². The van der Waals surface area contributed by atoms with Crippen LogP contribution >= 0.6 is 35.2 Å². The topological polar surface area (TPSA) is 79.5 Å². The zero-order valence-electron chi connectivity index (χ0n) is 14.5. The van der Waals surface area contributed by atoms with Crippen LogP contribution in [0.4, 0.5) is 9.39 Å². The van der Waals surface area contributed by atoms with Gasteiger partial charge in [0.15, 0.2) is 5.11 Å².